The zero-order valence-corrected chi connectivity index (χ0v) is 22.6. The van der Waals surface area contributed by atoms with Crippen LogP contribution in [0.5, 0.6) is 5.75 Å². The van der Waals surface area contributed by atoms with E-state index >= 15 is 0 Å². The minimum absolute atomic E-state index is 0.0575. The zero-order valence-electron chi connectivity index (χ0n) is 21.7. The van der Waals surface area contributed by atoms with Gasteiger partial charge in [-0.25, -0.2) is 0 Å². The minimum Gasteiger partial charge on any atom is -0.486 e. The average molecular weight is 487 g/mol. The molecule has 2 aromatic rings. The Balaban J connectivity index is 2.38. The summed E-state index contributed by atoms with van der Waals surface area (Å²) in [4.78, 5) is 37.9. The summed E-state index contributed by atoms with van der Waals surface area (Å²) < 4.78 is 10.6. The molecule has 0 fully saturated rings. The summed E-state index contributed by atoms with van der Waals surface area (Å²) in [6, 6.07) is 8.39. The molecule has 0 aliphatic carbocycles. The maximum Gasteiger partial charge on any atom is 0.316 e. The molecule has 0 saturated carbocycles. The number of rotatable bonds is 11. The molecule has 2 rings (SSSR count). The largest absolute Gasteiger partial charge is 0.486 e. The van der Waals surface area contributed by atoms with Gasteiger partial charge in [-0.15, -0.1) is 11.3 Å². The highest BCUT2D eigenvalue weighted by Gasteiger charge is 2.34. The van der Waals surface area contributed by atoms with Crippen molar-refractivity contribution in [2.75, 3.05) is 13.7 Å². The lowest BCUT2D eigenvalue weighted by Crippen LogP contribution is -2.27. The molecule has 0 aliphatic heterocycles. The van der Waals surface area contributed by atoms with Gasteiger partial charge in [-0.1, -0.05) is 46.8 Å². The lowest BCUT2D eigenvalue weighted by Gasteiger charge is -2.32. The van der Waals surface area contributed by atoms with Crippen molar-refractivity contribution < 1.29 is 23.9 Å². The smallest absolute Gasteiger partial charge is 0.316 e. The van der Waals surface area contributed by atoms with Gasteiger partial charge in [0.25, 0.3) is 0 Å². The van der Waals surface area contributed by atoms with Crippen LogP contribution in [0.1, 0.15) is 73.9 Å². The van der Waals surface area contributed by atoms with E-state index in [-0.39, 0.29) is 17.8 Å². The molecule has 0 radical (unpaired) electrons. The van der Waals surface area contributed by atoms with Crippen molar-refractivity contribution in [2.24, 2.45) is 11.3 Å². The van der Waals surface area contributed by atoms with Crippen LogP contribution in [0.2, 0.25) is 0 Å². The van der Waals surface area contributed by atoms with Crippen LogP contribution in [0.4, 0.5) is 0 Å². The third-order valence-corrected chi connectivity index (χ3v) is 8.16. The van der Waals surface area contributed by atoms with E-state index in [0.717, 1.165) is 34.6 Å². The molecule has 1 aromatic heterocycles. The van der Waals surface area contributed by atoms with E-state index in [1.165, 1.54) is 17.6 Å². The number of esters is 1. The number of carbonyl (C=O) groups is 3. The van der Waals surface area contributed by atoms with Gasteiger partial charge >= 0.3 is 5.97 Å². The Kier molecular flexibility index (Phi) is 9.23. The van der Waals surface area contributed by atoms with Gasteiger partial charge in [0, 0.05) is 27.0 Å². The minimum atomic E-state index is -0.790. The molecule has 0 N–H and O–H groups in total. The van der Waals surface area contributed by atoms with Crippen LogP contribution in [0.3, 0.4) is 0 Å². The van der Waals surface area contributed by atoms with Crippen molar-refractivity contribution in [1.82, 2.24) is 0 Å². The fourth-order valence-corrected chi connectivity index (χ4v) is 5.70. The molecule has 0 bridgehead atoms. The van der Waals surface area contributed by atoms with Gasteiger partial charge in [-0.3, -0.25) is 9.59 Å². The lowest BCUT2D eigenvalue weighted by molar-refractivity contribution is -0.146. The number of methoxy groups -OCH3 is 1. The Morgan fingerprint density at radius 2 is 1.71 bits per heavy atom. The van der Waals surface area contributed by atoms with Crippen LogP contribution in [0, 0.1) is 25.2 Å². The summed E-state index contributed by atoms with van der Waals surface area (Å²) >= 11 is 1.67. The van der Waals surface area contributed by atoms with E-state index in [9.17, 15) is 14.4 Å². The highest BCUT2D eigenvalue weighted by molar-refractivity contribution is 7.12. The summed E-state index contributed by atoms with van der Waals surface area (Å²) in [6.45, 7) is 14.1. The first-order valence-electron chi connectivity index (χ1n) is 11.8. The van der Waals surface area contributed by atoms with Crippen LogP contribution >= 0.6 is 11.3 Å². The Hall–Kier alpha value is -2.47. The third-order valence-electron chi connectivity index (χ3n) is 6.70. The summed E-state index contributed by atoms with van der Waals surface area (Å²) in [5.41, 5.74) is 2.64. The summed E-state index contributed by atoms with van der Waals surface area (Å²) in [5.74, 6) is -0.507. The van der Waals surface area contributed by atoms with Crippen molar-refractivity contribution in [3.63, 3.8) is 0 Å². The Morgan fingerprint density at radius 1 is 1.06 bits per heavy atom. The summed E-state index contributed by atoms with van der Waals surface area (Å²) in [5, 5.41) is 0. The molecule has 1 atom stereocenters. The first kappa shape index (κ1) is 27.8. The SMILES string of the molecule is CCC(CC)(c1ccc(OCC(=O)C(C)(C)C)c(C)c1)c1cc(C)c(CC(C=O)C(=O)OC)s1. The van der Waals surface area contributed by atoms with Gasteiger partial charge in [0.2, 0.25) is 0 Å². The van der Waals surface area contributed by atoms with Gasteiger partial charge in [-0.2, -0.15) is 0 Å². The van der Waals surface area contributed by atoms with E-state index in [4.69, 9.17) is 9.47 Å². The fourth-order valence-electron chi connectivity index (χ4n) is 4.11. The molecule has 1 heterocycles. The number of aldehydes is 1. The Bertz CT molecular complexity index is 1020. The van der Waals surface area contributed by atoms with Gasteiger partial charge < -0.3 is 14.3 Å². The number of hydrogen-bond donors (Lipinski definition) is 0. The van der Waals surface area contributed by atoms with E-state index in [0.29, 0.717) is 12.7 Å². The normalized spacial score (nSPS) is 12.8. The molecule has 1 unspecified atom stereocenters. The topological polar surface area (TPSA) is 69.7 Å². The second-order valence-electron chi connectivity index (χ2n) is 9.92. The summed E-state index contributed by atoms with van der Waals surface area (Å²) in [6.07, 6.45) is 2.83. The maximum atomic E-state index is 12.3. The van der Waals surface area contributed by atoms with Crippen molar-refractivity contribution in [3.05, 3.63) is 50.7 Å². The number of ether oxygens (including phenoxy) is 2. The van der Waals surface area contributed by atoms with E-state index in [2.05, 4.69) is 32.0 Å². The zero-order chi connectivity index (χ0) is 25.7. The molecule has 0 amide bonds. The van der Waals surface area contributed by atoms with Crippen LogP contribution in [0.15, 0.2) is 24.3 Å². The molecule has 0 aliphatic rings. The predicted octanol–water partition coefficient (Wildman–Crippen LogP) is 6.00. The van der Waals surface area contributed by atoms with Crippen molar-refractivity contribution in [1.29, 1.82) is 0 Å². The molecule has 0 saturated heterocycles. The second-order valence-corrected chi connectivity index (χ2v) is 11.1. The number of thiophene rings is 1. The first-order chi connectivity index (χ1) is 15.9. The fraction of sp³-hybridized carbons (Fsp3) is 0.536. The van der Waals surface area contributed by atoms with Gasteiger partial charge in [0.15, 0.2) is 5.78 Å². The molecule has 186 valence electrons. The van der Waals surface area contributed by atoms with Gasteiger partial charge in [-0.05, 0) is 55.5 Å². The van der Waals surface area contributed by atoms with E-state index in [1.807, 2.05) is 40.7 Å². The van der Waals surface area contributed by atoms with Gasteiger partial charge in [0.05, 0.1) is 7.11 Å². The number of benzene rings is 1. The number of carbonyl (C=O) groups excluding carboxylic acids is 3. The number of Topliss-reactive ketones (excluding diaryl/α,β-unsaturated/α-hetero) is 1. The molecular weight excluding hydrogens is 448 g/mol. The molecule has 5 nitrogen and oxygen atoms in total. The molecule has 1 aromatic carbocycles. The van der Waals surface area contributed by atoms with E-state index in [1.54, 1.807) is 11.3 Å². The maximum absolute atomic E-state index is 12.3. The molecule has 34 heavy (non-hydrogen) atoms. The third kappa shape index (κ3) is 5.96. The van der Waals surface area contributed by atoms with Crippen molar-refractivity contribution in [3.8, 4) is 5.75 Å². The highest BCUT2D eigenvalue weighted by atomic mass is 32.1. The quantitative estimate of drug-likeness (QED) is 0.221. The second kappa shape index (κ2) is 11.3. The first-order valence-corrected chi connectivity index (χ1v) is 12.6. The standard InChI is InChI=1S/C28H38O5S/c1-9-28(10-2,25-14-19(4)23(34-25)15-20(16-29)26(31)32-8)21-11-12-22(18(3)13-21)33-17-24(30)27(5,6)7/h11-14,16,20H,9-10,15,17H2,1-8H3. The predicted molar refractivity (Wildman–Crippen MR) is 137 cm³/mol. The van der Waals surface area contributed by atoms with Crippen LogP contribution in [0.25, 0.3) is 0 Å². The van der Waals surface area contributed by atoms with Crippen LogP contribution in [-0.4, -0.2) is 31.8 Å². The average Bonchev–Trinajstić information content (AvgIpc) is 3.17. The molecule has 0 spiro atoms. The van der Waals surface area contributed by atoms with Crippen molar-refractivity contribution in [2.45, 2.75) is 73.1 Å². The van der Waals surface area contributed by atoms with Crippen molar-refractivity contribution >= 4 is 29.4 Å². The molecule has 6 heteroatoms. The highest BCUT2D eigenvalue weighted by Crippen LogP contribution is 2.44. The molecular formula is C28H38O5S. The van der Waals surface area contributed by atoms with E-state index < -0.39 is 17.3 Å². The lowest BCUT2D eigenvalue weighted by atomic mass is 9.74. The number of ketones is 1. The number of aryl methyl sites for hydroxylation is 2. The van der Waals surface area contributed by atoms with Crippen LogP contribution in [-0.2, 0) is 31.0 Å². The number of hydrogen-bond acceptors (Lipinski definition) is 6. The Morgan fingerprint density at radius 3 is 2.21 bits per heavy atom. The van der Waals surface area contributed by atoms with Crippen LogP contribution < -0.4 is 4.74 Å². The summed E-state index contributed by atoms with van der Waals surface area (Å²) in [7, 11) is 1.31. The monoisotopic (exact) mass is 486 g/mol. The van der Waals surface area contributed by atoms with Gasteiger partial charge in [0.1, 0.15) is 24.6 Å². The Labute approximate surface area is 207 Å².